The summed E-state index contributed by atoms with van der Waals surface area (Å²) < 4.78 is 0. The zero-order valence-corrected chi connectivity index (χ0v) is 13.8. The molecule has 1 heterocycles. The molecule has 2 aromatic rings. The van der Waals surface area contributed by atoms with Crippen LogP contribution in [0.3, 0.4) is 0 Å². The van der Waals surface area contributed by atoms with Crippen molar-refractivity contribution in [2.75, 3.05) is 23.3 Å². The van der Waals surface area contributed by atoms with Crippen LogP contribution in [0.1, 0.15) is 23.2 Å². The van der Waals surface area contributed by atoms with E-state index in [-0.39, 0.29) is 22.6 Å². The number of nitro groups is 2. The van der Waals surface area contributed by atoms with Crippen LogP contribution in [-0.2, 0) is 0 Å². The Hall–Kier alpha value is -3.49. The zero-order valence-electron chi connectivity index (χ0n) is 13.8. The predicted molar refractivity (Wildman–Crippen MR) is 95.6 cm³/mol. The van der Waals surface area contributed by atoms with Crippen molar-refractivity contribution in [1.82, 2.24) is 0 Å². The molecule has 0 aromatic heterocycles. The first-order valence-corrected chi connectivity index (χ1v) is 8.05. The van der Waals surface area contributed by atoms with Crippen LogP contribution >= 0.6 is 0 Å². The molecule has 0 spiro atoms. The zero-order chi connectivity index (χ0) is 18.7. The minimum Gasteiger partial charge on any atom is -0.366 e. The average Bonchev–Trinajstić information content (AvgIpc) is 3.16. The van der Waals surface area contributed by atoms with E-state index < -0.39 is 15.8 Å². The molecule has 1 N–H and O–H groups in total. The van der Waals surface area contributed by atoms with Gasteiger partial charge in [0.15, 0.2) is 0 Å². The van der Waals surface area contributed by atoms with Crippen LogP contribution in [0.25, 0.3) is 0 Å². The molecule has 1 amide bonds. The van der Waals surface area contributed by atoms with Crippen LogP contribution in [0, 0.1) is 20.2 Å². The summed E-state index contributed by atoms with van der Waals surface area (Å²) in [7, 11) is 0. The Morgan fingerprint density at radius 2 is 1.62 bits per heavy atom. The molecule has 0 aliphatic carbocycles. The molecule has 9 nitrogen and oxygen atoms in total. The van der Waals surface area contributed by atoms with Gasteiger partial charge in [-0.1, -0.05) is 12.1 Å². The smallest absolute Gasteiger partial charge is 0.293 e. The molecule has 0 unspecified atom stereocenters. The minimum atomic E-state index is -0.643. The third kappa shape index (κ3) is 3.46. The summed E-state index contributed by atoms with van der Waals surface area (Å²) in [5.74, 6) is -0.643. The Kier molecular flexibility index (Phi) is 4.78. The van der Waals surface area contributed by atoms with Gasteiger partial charge in [-0.2, -0.15) is 0 Å². The number of hydrogen-bond acceptors (Lipinski definition) is 6. The van der Waals surface area contributed by atoms with Crippen molar-refractivity contribution in [1.29, 1.82) is 0 Å². The van der Waals surface area contributed by atoms with E-state index in [0.717, 1.165) is 25.9 Å². The number of amides is 1. The summed E-state index contributed by atoms with van der Waals surface area (Å²) in [6.07, 6.45) is 1.94. The fourth-order valence-electron chi connectivity index (χ4n) is 2.97. The maximum atomic E-state index is 12.4. The topological polar surface area (TPSA) is 119 Å². The molecule has 1 aliphatic rings. The van der Waals surface area contributed by atoms with Gasteiger partial charge in [0.05, 0.1) is 9.85 Å². The number of benzene rings is 2. The number of nitrogens with one attached hydrogen (secondary N) is 1. The number of para-hydroxylation sites is 2. The van der Waals surface area contributed by atoms with Crippen LogP contribution in [0.15, 0.2) is 42.5 Å². The fraction of sp³-hybridized carbons (Fsp3) is 0.235. The summed E-state index contributed by atoms with van der Waals surface area (Å²) in [4.78, 5) is 35.7. The monoisotopic (exact) mass is 356 g/mol. The van der Waals surface area contributed by atoms with E-state index in [4.69, 9.17) is 0 Å². The van der Waals surface area contributed by atoms with Crippen molar-refractivity contribution in [2.24, 2.45) is 0 Å². The molecule has 1 saturated heterocycles. The van der Waals surface area contributed by atoms with Gasteiger partial charge in [0, 0.05) is 30.8 Å². The van der Waals surface area contributed by atoms with E-state index in [1.165, 1.54) is 30.3 Å². The maximum absolute atomic E-state index is 12.4. The quantitative estimate of drug-likeness (QED) is 0.648. The van der Waals surface area contributed by atoms with Crippen molar-refractivity contribution in [3.8, 4) is 0 Å². The van der Waals surface area contributed by atoms with Crippen LogP contribution < -0.4 is 10.2 Å². The van der Waals surface area contributed by atoms with E-state index >= 15 is 0 Å². The Morgan fingerprint density at radius 1 is 0.962 bits per heavy atom. The van der Waals surface area contributed by atoms with E-state index in [1.807, 2.05) is 4.90 Å². The van der Waals surface area contributed by atoms with Crippen LogP contribution in [-0.4, -0.2) is 28.8 Å². The second-order valence-electron chi connectivity index (χ2n) is 5.88. The highest BCUT2D eigenvalue weighted by atomic mass is 16.6. The Morgan fingerprint density at radius 3 is 2.27 bits per heavy atom. The van der Waals surface area contributed by atoms with Crippen LogP contribution in [0.4, 0.5) is 22.7 Å². The molecule has 2 aromatic carbocycles. The predicted octanol–water partition coefficient (Wildman–Crippen LogP) is 3.36. The van der Waals surface area contributed by atoms with E-state index in [1.54, 1.807) is 12.1 Å². The third-order valence-corrected chi connectivity index (χ3v) is 4.23. The van der Waals surface area contributed by atoms with E-state index in [9.17, 15) is 25.0 Å². The summed E-state index contributed by atoms with van der Waals surface area (Å²) in [5.41, 5.74) is 0.187. The molecular weight excluding hydrogens is 340 g/mol. The van der Waals surface area contributed by atoms with Crippen molar-refractivity contribution >= 4 is 28.7 Å². The summed E-state index contributed by atoms with van der Waals surface area (Å²) >= 11 is 0. The van der Waals surface area contributed by atoms with Crippen LogP contribution in [0.5, 0.6) is 0 Å². The molecule has 26 heavy (non-hydrogen) atoms. The van der Waals surface area contributed by atoms with Gasteiger partial charge in [0.2, 0.25) is 0 Å². The highest BCUT2D eigenvalue weighted by Gasteiger charge is 2.24. The molecule has 0 saturated carbocycles. The first-order chi connectivity index (χ1) is 12.5. The number of rotatable bonds is 5. The highest BCUT2D eigenvalue weighted by Crippen LogP contribution is 2.32. The number of carbonyl (C=O) groups is 1. The lowest BCUT2D eigenvalue weighted by Crippen LogP contribution is -2.20. The third-order valence-electron chi connectivity index (χ3n) is 4.23. The molecule has 0 atom stereocenters. The number of nitrogens with zero attached hydrogens (tertiary/aromatic N) is 3. The maximum Gasteiger partial charge on any atom is 0.293 e. The van der Waals surface area contributed by atoms with Gasteiger partial charge >= 0.3 is 0 Å². The van der Waals surface area contributed by atoms with E-state index in [2.05, 4.69) is 5.32 Å². The first-order valence-electron chi connectivity index (χ1n) is 8.05. The summed E-state index contributed by atoms with van der Waals surface area (Å²) in [6.45, 7) is 1.48. The van der Waals surface area contributed by atoms with Gasteiger partial charge in [-0.15, -0.1) is 0 Å². The van der Waals surface area contributed by atoms with Gasteiger partial charge in [-0.25, -0.2) is 0 Å². The van der Waals surface area contributed by atoms with Crippen LogP contribution in [0.2, 0.25) is 0 Å². The highest BCUT2D eigenvalue weighted by molar-refractivity contribution is 6.06. The minimum absolute atomic E-state index is 0.0359. The molecule has 3 rings (SSSR count). The van der Waals surface area contributed by atoms with Gasteiger partial charge < -0.3 is 10.2 Å². The summed E-state index contributed by atoms with van der Waals surface area (Å²) in [5, 5.41) is 24.9. The van der Waals surface area contributed by atoms with Crippen molar-refractivity contribution < 1.29 is 14.6 Å². The second-order valence-corrected chi connectivity index (χ2v) is 5.88. The van der Waals surface area contributed by atoms with Gasteiger partial charge in [-0.3, -0.25) is 25.0 Å². The fourth-order valence-corrected chi connectivity index (χ4v) is 2.97. The van der Waals surface area contributed by atoms with Crippen molar-refractivity contribution in [2.45, 2.75) is 12.8 Å². The number of carbonyl (C=O) groups excluding carboxylic acids is 1. The molecule has 0 bridgehead atoms. The first kappa shape index (κ1) is 17.3. The van der Waals surface area contributed by atoms with Crippen molar-refractivity contribution in [3.05, 3.63) is 68.3 Å². The molecule has 9 heteroatoms. The molecule has 1 aliphatic heterocycles. The van der Waals surface area contributed by atoms with Gasteiger partial charge in [0.25, 0.3) is 17.3 Å². The SMILES string of the molecule is O=C(Nc1ccccc1[N+](=O)[O-])c1ccc(N2CCCC2)c([N+](=O)[O-])c1. The molecular formula is C17H16N4O5. The van der Waals surface area contributed by atoms with Crippen molar-refractivity contribution in [3.63, 3.8) is 0 Å². The average molecular weight is 356 g/mol. The molecule has 134 valence electrons. The van der Waals surface area contributed by atoms with Gasteiger partial charge in [0.1, 0.15) is 11.4 Å². The standard InChI is InChI=1S/C17H16N4O5/c22-17(18-13-5-1-2-6-14(13)20(23)24)12-7-8-15(16(11-12)21(25)26)19-9-3-4-10-19/h1-2,5-8,11H,3-4,9-10H2,(H,18,22). The van der Waals surface area contributed by atoms with Gasteiger partial charge in [-0.05, 0) is 31.0 Å². The largest absolute Gasteiger partial charge is 0.366 e. The normalized spacial score (nSPS) is 13.5. The Balaban J connectivity index is 1.89. The number of anilines is 2. The molecule has 0 radical (unpaired) electrons. The Labute approximate surface area is 148 Å². The Bertz CT molecular complexity index is 877. The number of nitro benzene ring substituents is 2. The summed E-state index contributed by atoms with van der Waals surface area (Å²) in [6, 6.07) is 9.98. The van der Waals surface area contributed by atoms with E-state index in [0.29, 0.717) is 5.69 Å². The second kappa shape index (κ2) is 7.18. The molecule has 1 fully saturated rings. The lowest BCUT2D eigenvalue weighted by molar-refractivity contribution is -0.384. The number of hydrogen-bond donors (Lipinski definition) is 1. The lowest BCUT2D eigenvalue weighted by Gasteiger charge is -2.17. The lowest BCUT2D eigenvalue weighted by atomic mass is 10.1.